The summed E-state index contributed by atoms with van der Waals surface area (Å²) in [7, 11) is 0.0759. The highest BCUT2D eigenvalue weighted by Crippen LogP contribution is 1.99. The zero-order valence-corrected chi connectivity index (χ0v) is 8.33. The molecule has 0 spiro atoms. The molecule has 1 nitrogen and oxygen atoms in total. The van der Waals surface area contributed by atoms with Gasteiger partial charge in [0, 0.05) is 15.7 Å². The molecule has 0 unspecified atom stereocenters. The predicted molar refractivity (Wildman–Crippen MR) is 50.5 cm³/mol. The van der Waals surface area contributed by atoms with Crippen LogP contribution in [0.25, 0.3) is 0 Å². The molecule has 0 saturated heterocycles. The van der Waals surface area contributed by atoms with Crippen LogP contribution in [-0.4, -0.2) is 15.7 Å². The highest BCUT2D eigenvalue weighted by atomic mass is 28.2. The van der Waals surface area contributed by atoms with Gasteiger partial charge in [0.05, 0.1) is 6.61 Å². The first-order chi connectivity index (χ1) is 5.43. The van der Waals surface area contributed by atoms with Crippen LogP contribution in [-0.2, 0) is 11.3 Å². The monoisotopic (exact) mass is 166 g/mol. The van der Waals surface area contributed by atoms with Crippen molar-refractivity contribution < 1.29 is 4.74 Å². The summed E-state index contributed by atoms with van der Waals surface area (Å²) in [5.74, 6) is 0. The zero-order chi connectivity index (χ0) is 7.94. The van der Waals surface area contributed by atoms with Gasteiger partial charge in [0.2, 0.25) is 0 Å². The van der Waals surface area contributed by atoms with Gasteiger partial charge in [0.15, 0.2) is 0 Å². The second-order valence-corrected chi connectivity index (χ2v) is 3.95. The van der Waals surface area contributed by atoms with Crippen LogP contribution in [0.1, 0.15) is 5.56 Å². The van der Waals surface area contributed by atoms with Crippen molar-refractivity contribution in [1.82, 2.24) is 0 Å². The van der Waals surface area contributed by atoms with Crippen molar-refractivity contribution in [2.45, 2.75) is 13.2 Å². The molecule has 2 heteroatoms. The van der Waals surface area contributed by atoms with Gasteiger partial charge in [0.1, 0.15) is 0 Å². The second kappa shape index (κ2) is 5.10. The SMILES string of the molecule is C[SiH2]COCc1ccccc1. The largest absolute Gasteiger partial charge is 0.381 e. The van der Waals surface area contributed by atoms with E-state index < -0.39 is 0 Å². The molecule has 0 fully saturated rings. The van der Waals surface area contributed by atoms with Crippen LogP contribution in [0, 0.1) is 0 Å². The summed E-state index contributed by atoms with van der Waals surface area (Å²) in [5.41, 5.74) is 1.27. The van der Waals surface area contributed by atoms with E-state index in [-0.39, 0.29) is 9.52 Å². The number of hydrogen-bond acceptors (Lipinski definition) is 1. The highest BCUT2D eigenvalue weighted by molar-refractivity contribution is 6.33. The molecule has 1 aromatic rings. The second-order valence-electron chi connectivity index (χ2n) is 2.54. The summed E-state index contributed by atoms with van der Waals surface area (Å²) in [4.78, 5) is 0. The van der Waals surface area contributed by atoms with Crippen LogP contribution in [0.4, 0.5) is 0 Å². The third-order valence-corrected chi connectivity index (χ3v) is 2.16. The van der Waals surface area contributed by atoms with E-state index in [2.05, 4.69) is 18.7 Å². The van der Waals surface area contributed by atoms with E-state index in [1.165, 1.54) is 5.56 Å². The molecule has 0 N–H and O–H groups in total. The molecule has 0 radical (unpaired) electrons. The highest BCUT2D eigenvalue weighted by Gasteiger charge is 1.88. The van der Waals surface area contributed by atoms with E-state index in [1.54, 1.807) is 0 Å². The molecule has 0 amide bonds. The first kappa shape index (κ1) is 8.49. The molecular formula is C9H14OSi. The maximum absolute atomic E-state index is 5.43. The van der Waals surface area contributed by atoms with Crippen LogP contribution < -0.4 is 0 Å². The fourth-order valence-corrected chi connectivity index (χ4v) is 1.34. The Hall–Kier alpha value is -0.603. The number of hydrogen-bond donors (Lipinski definition) is 0. The van der Waals surface area contributed by atoms with Gasteiger partial charge in [-0.3, -0.25) is 0 Å². The first-order valence-electron chi connectivity index (χ1n) is 4.05. The molecule has 11 heavy (non-hydrogen) atoms. The lowest BCUT2D eigenvalue weighted by Gasteiger charge is -2.00. The molecule has 60 valence electrons. The normalized spacial score (nSPS) is 11.0. The fourth-order valence-electron chi connectivity index (χ4n) is 0.909. The van der Waals surface area contributed by atoms with E-state index in [9.17, 15) is 0 Å². The van der Waals surface area contributed by atoms with Crippen molar-refractivity contribution >= 4 is 9.52 Å². The molecule has 0 aliphatic rings. The Morgan fingerprint density at radius 1 is 1.27 bits per heavy atom. The Morgan fingerprint density at radius 3 is 2.64 bits per heavy atom. The van der Waals surface area contributed by atoms with Gasteiger partial charge in [0.25, 0.3) is 0 Å². The molecule has 0 heterocycles. The average molecular weight is 166 g/mol. The van der Waals surface area contributed by atoms with Crippen LogP contribution >= 0.6 is 0 Å². The first-order valence-corrected chi connectivity index (χ1v) is 6.46. The third kappa shape index (κ3) is 3.35. The van der Waals surface area contributed by atoms with Crippen LogP contribution in [0.2, 0.25) is 6.55 Å². The van der Waals surface area contributed by atoms with Gasteiger partial charge in [-0.2, -0.15) is 0 Å². The van der Waals surface area contributed by atoms with Gasteiger partial charge in [-0.25, -0.2) is 0 Å². The molecule has 0 aromatic heterocycles. The third-order valence-electron chi connectivity index (χ3n) is 1.46. The average Bonchev–Trinajstić information content (AvgIpc) is 2.07. The van der Waals surface area contributed by atoms with Gasteiger partial charge in [-0.1, -0.05) is 36.9 Å². The van der Waals surface area contributed by atoms with Crippen LogP contribution in [0.3, 0.4) is 0 Å². The van der Waals surface area contributed by atoms with Crippen molar-refractivity contribution in [2.24, 2.45) is 0 Å². The Bertz CT molecular complexity index is 186. The van der Waals surface area contributed by atoms with E-state index in [0.29, 0.717) is 0 Å². The topological polar surface area (TPSA) is 9.23 Å². The lowest BCUT2D eigenvalue weighted by Crippen LogP contribution is -1.99. The Balaban J connectivity index is 2.28. The van der Waals surface area contributed by atoms with Crippen molar-refractivity contribution in [1.29, 1.82) is 0 Å². The molecule has 1 rings (SSSR count). The minimum Gasteiger partial charge on any atom is -0.381 e. The molecule has 0 aliphatic carbocycles. The van der Waals surface area contributed by atoms with E-state index in [0.717, 1.165) is 12.8 Å². The summed E-state index contributed by atoms with van der Waals surface area (Å²) in [6, 6.07) is 10.3. The Labute approximate surface area is 70.2 Å². The number of benzene rings is 1. The maximum Gasteiger partial charge on any atom is 0.0712 e. The number of rotatable bonds is 4. The van der Waals surface area contributed by atoms with Crippen molar-refractivity contribution in [3.05, 3.63) is 35.9 Å². The van der Waals surface area contributed by atoms with Crippen molar-refractivity contribution in [3.63, 3.8) is 0 Å². The summed E-state index contributed by atoms with van der Waals surface area (Å²) in [5, 5.41) is 0. The van der Waals surface area contributed by atoms with Crippen molar-refractivity contribution in [3.8, 4) is 0 Å². The Kier molecular flexibility index (Phi) is 3.94. The van der Waals surface area contributed by atoms with Crippen LogP contribution in [0.5, 0.6) is 0 Å². The minimum atomic E-state index is 0.0759. The Morgan fingerprint density at radius 2 is 2.00 bits per heavy atom. The van der Waals surface area contributed by atoms with Crippen molar-refractivity contribution in [2.75, 3.05) is 6.23 Å². The van der Waals surface area contributed by atoms with Gasteiger partial charge < -0.3 is 4.74 Å². The molecule has 0 saturated carbocycles. The lowest BCUT2D eigenvalue weighted by molar-refractivity contribution is 0.163. The molecule has 0 atom stereocenters. The summed E-state index contributed by atoms with van der Waals surface area (Å²) >= 11 is 0. The lowest BCUT2D eigenvalue weighted by atomic mass is 10.2. The van der Waals surface area contributed by atoms with E-state index >= 15 is 0 Å². The smallest absolute Gasteiger partial charge is 0.0712 e. The van der Waals surface area contributed by atoms with E-state index in [4.69, 9.17) is 4.74 Å². The fraction of sp³-hybridized carbons (Fsp3) is 0.333. The van der Waals surface area contributed by atoms with Crippen LogP contribution in [0.15, 0.2) is 30.3 Å². The molecule has 0 bridgehead atoms. The quantitative estimate of drug-likeness (QED) is 0.485. The molecule has 0 aliphatic heterocycles. The molecular weight excluding hydrogens is 152 g/mol. The number of ether oxygens (including phenoxy) is 1. The standard InChI is InChI=1S/C9H14OSi/c1-11-8-10-7-9-5-3-2-4-6-9/h2-6H,7-8,11H2,1H3. The summed E-state index contributed by atoms with van der Waals surface area (Å²) < 4.78 is 5.43. The summed E-state index contributed by atoms with van der Waals surface area (Å²) in [6.07, 6.45) is 0.995. The van der Waals surface area contributed by atoms with E-state index in [1.807, 2.05) is 18.2 Å². The summed E-state index contributed by atoms with van der Waals surface area (Å²) in [6.45, 7) is 3.03. The van der Waals surface area contributed by atoms with Gasteiger partial charge in [-0.15, -0.1) is 0 Å². The zero-order valence-electron chi connectivity index (χ0n) is 6.92. The minimum absolute atomic E-state index is 0.0759. The predicted octanol–water partition coefficient (Wildman–Crippen LogP) is 1.38. The maximum atomic E-state index is 5.43. The van der Waals surface area contributed by atoms with Gasteiger partial charge >= 0.3 is 0 Å². The van der Waals surface area contributed by atoms with Gasteiger partial charge in [-0.05, 0) is 5.56 Å². The molecule has 1 aromatic carbocycles.